The van der Waals surface area contributed by atoms with Crippen molar-refractivity contribution in [2.45, 2.75) is 6.54 Å². The van der Waals surface area contributed by atoms with Crippen LogP contribution in [-0.4, -0.2) is 19.2 Å². The van der Waals surface area contributed by atoms with Gasteiger partial charge in [-0.15, -0.1) is 0 Å². The van der Waals surface area contributed by atoms with Gasteiger partial charge in [0.25, 0.3) is 0 Å². The molecule has 1 N–H and O–H groups in total. The maximum atomic E-state index is 5.25. The molecule has 0 aliphatic rings. The normalized spacial score (nSPS) is 9.89. The van der Waals surface area contributed by atoms with Gasteiger partial charge in [0.2, 0.25) is 0 Å². The first-order valence-corrected chi connectivity index (χ1v) is 5.68. The minimum absolute atomic E-state index is 0.714. The third-order valence-corrected chi connectivity index (χ3v) is 2.64. The van der Waals surface area contributed by atoms with E-state index in [1.54, 1.807) is 26.6 Å². The zero-order valence-electron chi connectivity index (χ0n) is 10.5. The Labute approximate surface area is 107 Å². The van der Waals surface area contributed by atoms with Gasteiger partial charge in [-0.25, -0.2) is 0 Å². The Morgan fingerprint density at radius 2 is 1.83 bits per heavy atom. The maximum absolute atomic E-state index is 5.25. The highest BCUT2D eigenvalue weighted by atomic mass is 16.5. The molecule has 0 aliphatic heterocycles. The number of pyridine rings is 1. The first-order valence-electron chi connectivity index (χ1n) is 5.68. The molecule has 1 aromatic heterocycles. The van der Waals surface area contributed by atoms with E-state index in [4.69, 9.17) is 9.47 Å². The van der Waals surface area contributed by atoms with Crippen LogP contribution in [0.5, 0.6) is 11.5 Å². The molecule has 0 bridgehead atoms. The lowest BCUT2D eigenvalue weighted by Gasteiger charge is -2.10. The largest absolute Gasteiger partial charge is 0.497 e. The highest BCUT2D eigenvalue weighted by molar-refractivity contribution is 5.54. The highest BCUT2D eigenvalue weighted by Crippen LogP contribution is 2.22. The van der Waals surface area contributed by atoms with Gasteiger partial charge in [-0.3, -0.25) is 4.98 Å². The Kier molecular flexibility index (Phi) is 4.02. The van der Waals surface area contributed by atoms with Crippen molar-refractivity contribution in [3.8, 4) is 11.5 Å². The third kappa shape index (κ3) is 2.91. The highest BCUT2D eigenvalue weighted by Gasteiger charge is 2.01. The van der Waals surface area contributed by atoms with Gasteiger partial charge < -0.3 is 14.8 Å². The van der Waals surface area contributed by atoms with Crippen LogP contribution in [0, 0.1) is 0 Å². The molecule has 1 heterocycles. The van der Waals surface area contributed by atoms with Crippen LogP contribution in [0.3, 0.4) is 0 Å². The molecule has 4 nitrogen and oxygen atoms in total. The molecule has 0 saturated heterocycles. The summed E-state index contributed by atoms with van der Waals surface area (Å²) in [5, 5.41) is 3.29. The molecule has 2 rings (SSSR count). The van der Waals surface area contributed by atoms with E-state index in [1.165, 1.54) is 5.56 Å². The summed E-state index contributed by atoms with van der Waals surface area (Å²) in [7, 11) is 3.31. The molecule has 2 aromatic rings. The number of nitrogens with zero attached hydrogens (tertiary/aromatic N) is 1. The van der Waals surface area contributed by atoms with E-state index >= 15 is 0 Å². The monoisotopic (exact) mass is 244 g/mol. The molecule has 0 spiro atoms. The van der Waals surface area contributed by atoms with E-state index in [0.29, 0.717) is 6.54 Å². The number of rotatable bonds is 5. The molecule has 0 fully saturated rings. The quantitative estimate of drug-likeness (QED) is 0.878. The third-order valence-electron chi connectivity index (χ3n) is 2.64. The van der Waals surface area contributed by atoms with E-state index < -0.39 is 0 Å². The van der Waals surface area contributed by atoms with Crippen molar-refractivity contribution in [2.24, 2.45) is 0 Å². The average molecular weight is 244 g/mol. The predicted molar refractivity (Wildman–Crippen MR) is 71.1 cm³/mol. The average Bonchev–Trinajstić information content (AvgIpc) is 2.46. The molecular formula is C14H16N2O2. The molecule has 0 saturated carbocycles. The lowest BCUT2D eigenvalue weighted by atomic mass is 10.2. The summed E-state index contributed by atoms with van der Waals surface area (Å²) in [6.07, 6.45) is 3.46. The molecular weight excluding hydrogens is 228 g/mol. The number of aromatic nitrogens is 1. The number of hydrogen-bond acceptors (Lipinski definition) is 4. The van der Waals surface area contributed by atoms with Gasteiger partial charge in [0.1, 0.15) is 11.5 Å². The van der Waals surface area contributed by atoms with Gasteiger partial charge >= 0.3 is 0 Å². The Hall–Kier alpha value is -2.23. The summed E-state index contributed by atoms with van der Waals surface area (Å²) in [6, 6.07) is 9.76. The number of anilines is 1. The van der Waals surface area contributed by atoms with Crippen LogP contribution >= 0.6 is 0 Å². The number of benzene rings is 1. The molecule has 0 unspecified atom stereocenters. The van der Waals surface area contributed by atoms with E-state index in [1.807, 2.05) is 30.3 Å². The van der Waals surface area contributed by atoms with Crippen molar-refractivity contribution in [1.82, 2.24) is 4.98 Å². The van der Waals surface area contributed by atoms with E-state index in [-0.39, 0.29) is 0 Å². The Morgan fingerprint density at radius 1 is 1.06 bits per heavy atom. The fourth-order valence-electron chi connectivity index (χ4n) is 1.63. The summed E-state index contributed by atoms with van der Waals surface area (Å²) in [5.41, 5.74) is 2.05. The second-order valence-electron chi connectivity index (χ2n) is 3.78. The van der Waals surface area contributed by atoms with Crippen molar-refractivity contribution in [2.75, 3.05) is 19.5 Å². The Bertz CT molecular complexity index is 497. The predicted octanol–water partition coefficient (Wildman–Crippen LogP) is 2.71. The lowest BCUT2D eigenvalue weighted by molar-refractivity contribution is 0.414. The molecule has 94 valence electrons. The van der Waals surface area contributed by atoms with Crippen LogP contribution in [0.2, 0.25) is 0 Å². The number of hydrogen-bond donors (Lipinski definition) is 1. The number of ether oxygens (including phenoxy) is 2. The number of nitrogens with one attached hydrogen (secondary N) is 1. The number of methoxy groups -OCH3 is 2. The minimum Gasteiger partial charge on any atom is -0.497 e. The van der Waals surface area contributed by atoms with Crippen molar-refractivity contribution < 1.29 is 9.47 Å². The second kappa shape index (κ2) is 5.91. The zero-order chi connectivity index (χ0) is 12.8. The summed E-state index contributed by atoms with van der Waals surface area (Å²) in [6.45, 7) is 0.714. The Morgan fingerprint density at radius 3 is 2.50 bits per heavy atom. The Balaban J connectivity index is 2.02. The van der Waals surface area contributed by atoms with Crippen LogP contribution in [-0.2, 0) is 6.54 Å². The van der Waals surface area contributed by atoms with Crippen molar-refractivity contribution >= 4 is 5.69 Å². The fraction of sp³-hybridized carbons (Fsp3) is 0.214. The molecule has 4 heteroatoms. The van der Waals surface area contributed by atoms with Crippen molar-refractivity contribution in [1.29, 1.82) is 0 Å². The zero-order valence-corrected chi connectivity index (χ0v) is 10.5. The summed E-state index contributed by atoms with van der Waals surface area (Å²) < 4.78 is 10.4. The minimum atomic E-state index is 0.714. The van der Waals surface area contributed by atoms with Crippen molar-refractivity contribution in [3.05, 3.63) is 48.3 Å². The molecule has 0 radical (unpaired) electrons. The van der Waals surface area contributed by atoms with Crippen LogP contribution in [0.1, 0.15) is 5.56 Å². The second-order valence-corrected chi connectivity index (χ2v) is 3.78. The maximum Gasteiger partial charge on any atom is 0.145 e. The van der Waals surface area contributed by atoms with Gasteiger partial charge in [0, 0.05) is 18.8 Å². The van der Waals surface area contributed by atoms with Gasteiger partial charge in [0.15, 0.2) is 0 Å². The first-order chi connectivity index (χ1) is 8.83. The van der Waals surface area contributed by atoms with E-state index in [2.05, 4.69) is 10.3 Å². The summed E-state index contributed by atoms with van der Waals surface area (Å²) >= 11 is 0. The topological polar surface area (TPSA) is 43.4 Å². The van der Waals surface area contributed by atoms with E-state index in [9.17, 15) is 0 Å². The molecule has 18 heavy (non-hydrogen) atoms. The van der Waals surface area contributed by atoms with Gasteiger partial charge in [-0.2, -0.15) is 0 Å². The summed E-state index contributed by atoms with van der Waals surface area (Å²) in [4.78, 5) is 4.07. The fourth-order valence-corrected chi connectivity index (χ4v) is 1.63. The van der Waals surface area contributed by atoms with Gasteiger partial charge in [0.05, 0.1) is 26.1 Å². The standard InChI is InChI=1S/C14H16N2O2/c1-17-12-5-3-11(4-6-12)9-16-13-10-15-8-7-14(13)18-2/h3-8,10,16H,9H2,1-2H3. The molecule has 0 atom stereocenters. The van der Waals surface area contributed by atoms with Gasteiger partial charge in [-0.05, 0) is 17.7 Å². The lowest BCUT2D eigenvalue weighted by Crippen LogP contribution is -2.01. The van der Waals surface area contributed by atoms with Crippen LogP contribution in [0.15, 0.2) is 42.7 Å². The van der Waals surface area contributed by atoms with Crippen LogP contribution in [0.25, 0.3) is 0 Å². The molecule has 1 aromatic carbocycles. The smallest absolute Gasteiger partial charge is 0.145 e. The van der Waals surface area contributed by atoms with Gasteiger partial charge in [-0.1, -0.05) is 12.1 Å². The SMILES string of the molecule is COc1ccc(CNc2cnccc2OC)cc1. The van der Waals surface area contributed by atoms with Crippen LogP contribution < -0.4 is 14.8 Å². The van der Waals surface area contributed by atoms with Crippen LogP contribution in [0.4, 0.5) is 5.69 Å². The van der Waals surface area contributed by atoms with Crippen molar-refractivity contribution in [3.63, 3.8) is 0 Å². The molecule has 0 aliphatic carbocycles. The molecule has 0 amide bonds. The summed E-state index contributed by atoms with van der Waals surface area (Å²) in [5.74, 6) is 1.65. The first kappa shape index (κ1) is 12.2. The van der Waals surface area contributed by atoms with E-state index in [0.717, 1.165) is 17.2 Å².